The molecule has 3 rings (SSSR count). The van der Waals surface area contributed by atoms with Gasteiger partial charge in [-0.2, -0.15) is 0 Å². The van der Waals surface area contributed by atoms with Crippen LogP contribution in [0.5, 0.6) is 5.75 Å². The Morgan fingerprint density at radius 2 is 2.08 bits per heavy atom. The van der Waals surface area contributed by atoms with Crippen molar-refractivity contribution in [1.29, 1.82) is 0 Å². The molecule has 1 amide bonds. The summed E-state index contributed by atoms with van der Waals surface area (Å²) in [5.74, 6) is -2.75. The number of methoxy groups -OCH3 is 1. The van der Waals surface area contributed by atoms with Crippen LogP contribution in [0.15, 0.2) is 41.2 Å². The first-order valence-electron chi connectivity index (χ1n) is 7.28. The number of benzene rings is 2. The number of hydrogen-bond donors (Lipinski definition) is 2. The first-order chi connectivity index (χ1) is 12.0. The SMILES string of the molecule is COc1cccc(CNC(=O)c2nc3ccc(F)c(F)c3c(=O)[nH]2)c1. The summed E-state index contributed by atoms with van der Waals surface area (Å²) in [6.45, 7) is 0.176. The first kappa shape index (κ1) is 16.6. The second-order valence-corrected chi connectivity index (χ2v) is 5.20. The average Bonchev–Trinajstić information content (AvgIpc) is 2.62. The third-order valence-corrected chi connectivity index (χ3v) is 3.57. The van der Waals surface area contributed by atoms with Crippen molar-refractivity contribution in [3.63, 3.8) is 0 Å². The maximum atomic E-state index is 13.7. The van der Waals surface area contributed by atoms with Gasteiger partial charge in [-0.15, -0.1) is 0 Å². The number of carbonyl (C=O) groups excluding carboxylic acids is 1. The highest BCUT2D eigenvalue weighted by molar-refractivity contribution is 5.92. The number of fused-ring (bicyclic) bond motifs is 1. The van der Waals surface area contributed by atoms with Gasteiger partial charge in [0.15, 0.2) is 17.5 Å². The molecule has 0 fully saturated rings. The maximum Gasteiger partial charge on any atom is 0.287 e. The van der Waals surface area contributed by atoms with Gasteiger partial charge in [-0.25, -0.2) is 13.8 Å². The molecular weight excluding hydrogens is 332 g/mol. The van der Waals surface area contributed by atoms with Gasteiger partial charge in [0.2, 0.25) is 0 Å². The van der Waals surface area contributed by atoms with Gasteiger partial charge in [0.1, 0.15) is 11.1 Å². The minimum absolute atomic E-state index is 0.103. The largest absolute Gasteiger partial charge is 0.497 e. The van der Waals surface area contributed by atoms with Gasteiger partial charge in [-0.3, -0.25) is 9.59 Å². The Hall–Kier alpha value is -3.29. The third kappa shape index (κ3) is 3.32. The molecule has 0 saturated carbocycles. The summed E-state index contributed by atoms with van der Waals surface area (Å²) in [6.07, 6.45) is 0. The van der Waals surface area contributed by atoms with Crippen molar-refractivity contribution in [2.75, 3.05) is 7.11 Å². The Bertz CT molecular complexity index is 1020. The number of nitrogens with one attached hydrogen (secondary N) is 2. The van der Waals surface area contributed by atoms with E-state index in [-0.39, 0.29) is 17.9 Å². The predicted molar refractivity (Wildman–Crippen MR) is 86.4 cm³/mol. The smallest absolute Gasteiger partial charge is 0.287 e. The zero-order chi connectivity index (χ0) is 18.0. The number of ether oxygens (including phenoxy) is 1. The van der Waals surface area contributed by atoms with Crippen LogP contribution in [0.1, 0.15) is 16.2 Å². The monoisotopic (exact) mass is 345 g/mol. The van der Waals surface area contributed by atoms with Gasteiger partial charge in [-0.05, 0) is 29.8 Å². The molecule has 1 heterocycles. The number of aromatic amines is 1. The van der Waals surface area contributed by atoms with Crippen molar-refractivity contribution >= 4 is 16.8 Å². The molecule has 0 aliphatic rings. The van der Waals surface area contributed by atoms with E-state index in [2.05, 4.69) is 15.3 Å². The molecule has 0 unspecified atom stereocenters. The molecule has 0 spiro atoms. The Morgan fingerprint density at radius 1 is 1.28 bits per heavy atom. The van der Waals surface area contributed by atoms with Gasteiger partial charge in [-0.1, -0.05) is 12.1 Å². The summed E-state index contributed by atoms with van der Waals surface area (Å²) >= 11 is 0. The van der Waals surface area contributed by atoms with Crippen LogP contribution in [0.25, 0.3) is 10.9 Å². The molecule has 0 saturated heterocycles. The van der Waals surface area contributed by atoms with Crippen LogP contribution in [0, 0.1) is 11.6 Å². The fourth-order valence-electron chi connectivity index (χ4n) is 2.32. The normalized spacial score (nSPS) is 10.7. The van der Waals surface area contributed by atoms with E-state index < -0.39 is 28.5 Å². The number of hydrogen-bond acceptors (Lipinski definition) is 4. The van der Waals surface area contributed by atoms with Gasteiger partial charge in [0.25, 0.3) is 11.5 Å². The van der Waals surface area contributed by atoms with E-state index in [1.807, 2.05) is 0 Å². The number of amides is 1. The lowest BCUT2D eigenvalue weighted by Gasteiger charge is -2.07. The molecule has 6 nitrogen and oxygen atoms in total. The average molecular weight is 345 g/mol. The molecular formula is C17H13F2N3O3. The highest BCUT2D eigenvalue weighted by Gasteiger charge is 2.16. The Labute approximate surface area is 140 Å². The maximum absolute atomic E-state index is 13.7. The van der Waals surface area contributed by atoms with Crippen molar-refractivity contribution in [3.8, 4) is 5.75 Å². The van der Waals surface area contributed by atoms with E-state index in [1.54, 1.807) is 24.3 Å². The standard InChI is InChI=1S/C17H13F2N3O3/c1-25-10-4-2-3-9(7-10)8-20-17(24)15-21-12-6-5-11(18)14(19)13(12)16(23)22-15/h2-7H,8H2,1H3,(H,20,24)(H,21,22,23). The number of nitrogens with zero attached hydrogens (tertiary/aromatic N) is 1. The lowest BCUT2D eigenvalue weighted by Crippen LogP contribution is -2.27. The van der Waals surface area contributed by atoms with Crippen LogP contribution in [0.4, 0.5) is 8.78 Å². The zero-order valence-corrected chi connectivity index (χ0v) is 13.1. The molecule has 2 N–H and O–H groups in total. The van der Waals surface area contributed by atoms with Gasteiger partial charge >= 0.3 is 0 Å². The fraction of sp³-hybridized carbons (Fsp3) is 0.118. The highest BCUT2D eigenvalue weighted by atomic mass is 19.2. The topological polar surface area (TPSA) is 84.1 Å². The molecule has 0 atom stereocenters. The van der Waals surface area contributed by atoms with Crippen LogP contribution < -0.4 is 15.6 Å². The van der Waals surface area contributed by atoms with Crippen molar-refractivity contribution < 1.29 is 18.3 Å². The molecule has 0 bridgehead atoms. The van der Waals surface area contributed by atoms with Gasteiger partial charge < -0.3 is 15.0 Å². The Balaban J connectivity index is 1.85. The summed E-state index contributed by atoms with van der Waals surface area (Å²) in [6, 6.07) is 9.06. The molecule has 0 aliphatic heterocycles. The van der Waals surface area contributed by atoms with Crippen LogP contribution in [-0.4, -0.2) is 23.0 Å². The van der Waals surface area contributed by atoms with Crippen molar-refractivity contribution in [2.45, 2.75) is 6.54 Å². The number of aromatic nitrogens is 2. The van der Waals surface area contributed by atoms with Crippen LogP contribution in [-0.2, 0) is 6.54 Å². The fourth-order valence-corrected chi connectivity index (χ4v) is 2.32. The summed E-state index contributed by atoms with van der Waals surface area (Å²) < 4.78 is 32.0. The van der Waals surface area contributed by atoms with Gasteiger partial charge in [0, 0.05) is 6.54 Å². The summed E-state index contributed by atoms with van der Waals surface area (Å²) in [4.78, 5) is 30.2. The van der Waals surface area contributed by atoms with Crippen LogP contribution in [0.2, 0.25) is 0 Å². The van der Waals surface area contributed by atoms with Crippen molar-refractivity contribution in [3.05, 3.63) is 69.8 Å². The summed E-state index contributed by atoms with van der Waals surface area (Å²) in [5, 5.41) is 2.07. The van der Waals surface area contributed by atoms with Crippen LogP contribution in [0.3, 0.4) is 0 Å². The highest BCUT2D eigenvalue weighted by Crippen LogP contribution is 2.15. The molecule has 128 valence electrons. The van der Waals surface area contributed by atoms with Crippen LogP contribution >= 0.6 is 0 Å². The van der Waals surface area contributed by atoms with E-state index in [0.29, 0.717) is 5.75 Å². The van der Waals surface area contributed by atoms with Gasteiger partial charge in [0.05, 0.1) is 12.6 Å². The minimum Gasteiger partial charge on any atom is -0.497 e. The number of halogens is 2. The molecule has 8 heteroatoms. The second kappa shape index (κ2) is 6.68. The first-order valence-corrected chi connectivity index (χ1v) is 7.28. The van der Waals surface area contributed by atoms with E-state index >= 15 is 0 Å². The Morgan fingerprint density at radius 3 is 2.84 bits per heavy atom. The zero-order valence-electron chi connectivity index (χ0n) is 13.1. The molecule has 1 aromatic heterocycles. The summed E-state index contributed by atoms with van der Waals surface area (Å²) in [5.41, 5.74) is -0.244. The van der Waals surface area contributed by atoms with Crippen molar-refractivity contribution in [1.82, 2.24) is 15.3 Å². The molecule has 0 radical (unpaired) electrons. The number of H-pyrrole nitrogens is 1. The Kier molecular flexibility index (Phi) is 4.42. The lowest BCUT2D eigenvalue weighted by atomic mass is 10.2. The third-order valence-electron chi connectivity index (χ3n) is 3.57. The predicted octanol–water partition coefficient (Wildman–Crippen LogP) is 2.14. The van der Waals surface area contributed by atoms with E-state index in [4.69, 9.17) is 4.74 Å². The molecule has 0 aliphatic carbocycles. The number of carbonyl (C=O) groups is 1. The van der Waals surface area contributed by atoms with E-state index in [9.17, 15) is 18.4 Å². The molecule has 2 aromatic carbocycles. The lowest BCUT2D eigenvalue weighted by molar-refractivity contribution is 0.0940. The molecule has 3 aromatic rings. The molecule has 25 heavy (non-hydrogen) atoms. The van der Waals surface area contributed by atoms with E-state index in [0.717, 1.165) is 17.7 Å². The minimum atomic E-state index is -1.30. The number of rotatable bonds is 4. The van der Waals surface area contributed by atoms with Crippen molar-refractivity contribution in [2.24, 2.45) is 0 Å². The second-order valence-electron chi connectivity index (χ2n) is 5.20. The van der Waals surface area contributed by atoms with E-state index in [1.165, 1.54) is 7.11 Å². The quantitative estimate of drug-likeness (QED) is 0.759. The summed E-state index contributed by atoms with van der Waals surface area (Å²) in [7, 11) is 1.53.